The van der Waals surface area contributed by atoms with Gasteiger partial charge >= 0.3 is 12.3 Å². The van der Waals surface area contributed by atoms with Gasteiger partial charge in [0.05, 0.1) is 12.3 Å². The number of rotatable bonds is 8. The molecule has 0 aromatic carbocycles. The standard InChI is InChI=1S/C11H15F4N3O2/c1-16-8-3-7(4-19-2)17-9(18-8)5-20-6-11(14,15)10(12)13/h3,10H,4-6H2,1-2H3,(H,16,17,18). The summed E-state index contributed by atoms with van der Waals surface area (Å²) in [5.41, 5.74) is 0.520. The van der Waals surface area contributed by atoms with Gasteiger partial charge in [0.1, 0.15) is 19.0 Å². The summed E-state index contributed by atoms with van der Waals surface area (Å²) < 4.78 is 58.6. The van der Waals surface area contributed by atoms with Crippen LogP contribution >= 0.6 is 0 Å². The topological polar surface area (TPSA) is 56.3 Å². The van der Waals surface area contributed by atoms with Crippen LogP contribution in [0.1, 0.15) is 11.5 Å². The Kier molecular flexibility index (Phi) is 6.08. The normalized spacial score (nSPS) is 11.9. The lowest BCUT2D eigenvalue weighted by atomic mass is 10.4. The summed E-state index contributed by atoms with van der Waals surface area (Å²) in [5, 5.41) is 2.76. The van der Waals surface area contributed by atoms with Gasteiger partial charge in [-0.2, -0.15) is 8.78 Å². The van der Waals surface area contributed by atoms with Gasteiger partial charge in [-0.3, -0.25) is 0 Å². The monoisotopic (exact) mass is 297 g/mol. The summed E-state index contributed by atoms with van der Waals surface area (Å²) in [7, 11) is 3.09. The number of hydrogen-bond donors (Lipinski definition) is 1. The van der Waals surface area contributed by atoms with Crippen LogP contribution in [-0.2, 0) is 22.7 Å². The van der Waals surface area contributed by atoms with Crippen molar-refractivity contribution in [2.75, 3.05) is 26.1 Å². The molecular formula is C11H15F4N3O2. The molecule has 0 unspecified atom stereocenters. The lowest BCUT2D eigenvalue weighted by Crippen LogP contribution is -2.32. The number of alkyl halides is 4. The highest BCUT2D eigenvalue weighted by Gasteiger charge is 2.41. The van der Waals surface area contributed by atoms with Crippen molar-refractivity contribution in [2.24, 2.45) is 0 Å². The van der Waals surface area contributed by atoms with Crippen molar-refractivity contribution in [1.82, 2.24) is 9.97 Å². The second kappa shape index (κ2) is 7.34. The minimum atomic E-state index is -4.18. The fourth-order valence-electron chi connectivity index (χ4n) is 1.31. The molecule has 1 heterocycles. The molecule has 0 aliphatic heterocycles. The van der Waals surface area contributed by atoms with E-state index in [2.05, 4.69) is 20.0 Å². The lowest BCUT2D eigenvalue weighted by Gasteiger charge is -2.15. The largest absolute Gasteiger partial charge is 0.378 e. The van der Waals surface area contributed by atoms with Crippen LogP contribution in [0, 0.1) is 0 Å². The Bertz CT molecular complexity index is 432. The Morgan fingerprint density at radius 2 is 2.00 bits per heavy atom. The molecule has 0 fully saturated rings. The van der Waals surface area contributed by atoms with Gasteiger partial charge in [-0.15, -0.1) is 0 Å². The summed E-state index contributed by atoms with van der Waals surface area (Å²) in [4.78, 5) is 7.97. The van der Waals surface area contributed by atoms with Crippen molar-refractivity contribution in [3.8, 4) is 0 Å². The fraction of sp³-hybridized carbons (Fsp3) is 0.636. The Balaban J connectivity index is 2.65. The third kappa shape index (κ3) is 4.89. The molecule has 0 aliphatic rings. The van der Waals surface area contributed by atoms with Crippen LogP contribution in [-0.4, -0.2) is 43.1 Å². The zero-order chi connectivity index (χ0) is 15.2. The van der Waals surface area contributed by atoms with Crippen molar-refractivity contribution in [3.63, 3.8) is 0 Å². The first kappa shape index (κ1) is 16.6. The Hall–Kier alpha value is -1.48. The number of hydrogen-bond acceptors (Lipinski definition) is 5. The van der Waals surface area contributed by atoms with Gasteiger partial charge < -0.3 is 14.8 Å². The average Bonchev–Trinajstić information content (AvgIpc) is 2.38. The molecule has 0 bridgehead atoms. The molecule has 0 saturated heterocycles. The Morgan fingerprint density at radius 3 is 2.55 bits per heavy atom. The molecule has 5 nitrogen and oxygen atoms in total. The van der Waals surface area contributed by atoms with Gasteiger partial charge in [0, 0.05) is 20.2 Å². The average molecular weight is 297 g/mol. The highest BCUT2D eigenvalue weighted by Crippen LogP contribution is 2.23. The predicted octanol–water partition coefficient (Wildman–Crippen LogP) is 2.08. The first-order chi connectivity index (χ1) is 9.39. The third-order valence-corrected chi connectivity index (χ3v) is 2.22. The minimum absolute atomic E-state index is 0.106. The highest BCUT2D eigenvalue weighted by molar-refractivity contribution is 5.34. The maximum Gasteiger partial charge on any atom is 0.330 e. The zero-order valence-electron chi connectivity index (χ0n) is 11.0. The number of halogens is 4. The predicted molar refractivity (Wildman–Crippen MR) is 62.9 cm³/mol. The third-order valence-electron chi connectivity index (χ3n) is 2.22. The number of aromatic nitrogens is 2. The van der Waals surface area contributed by atoms with Crippen LogP contribution in [0.15, 0.2) is 6.07 Å². The number of ether oxygens (including phenoxy) is 2. The molecule has 0 radical (unpaired) electrons. The van der Waals surface area contributed by atoms with Gasteiger partial charge in [-0.1, -0.05) is 0 Å². The molecule has 0 amide bonds. The Labute approximate surface area is 113 Å². The van der Waals surface area contributed by atoms with Crippen LogP contribution < -0.4 is 5.32 Å². The van der Waals surface area contributed by atoms with Gasteiger partial charge in [0.15, 0.2) is 5.82 Å². The van der Waals surface area contributed by atoms with Gasteiger partial charge in [0.25, 0.3) is 0 Å². The first-order valence-electron chi connectivity index (χ1n) is 5.66. The summed E-state index contributed by atoms with van der Waals surface area (Å²) in [5.74, 6) is -3.63. The van der Waals surface area contributed by atoms with E-state index < -0.39 is 25.6 Å². The smallest absolute Gasteiger partial charge is 0.330 e. The fourth-order valence-corrected chi connectivity index (χ4v) is 1.31. The number of methoxy groups -OCH3 is 1. The van der Waals surface area contributed by atoms with Crippen molar-refractivity contribution >= 4 is 5.82 Å². The van der Waals surface area contributed by atoms with E-state index in [-0.39, 0.29) is 12.4 Å². The molecule has 0 atom stereocenters. The quantitative estimate of drug-likeness (QED) is 0.745. The molecular weight excluding hydrogens is 282 g/mol. The molecule has 1 aromatic rings. The number of nitrogens with zero attached hydrogens (tertiary/aromatic N) is 2. The summed E-state index contributed by atoms with van der Waals surface area (Å²) in [6.45, 7) is -1.58. The second-order valence-electron chi connectivity index (χ2n) is 3.90. The van der Waals surface area contributed by atoms with Gasteiger partial charge in [-0.25, -0.2) is 18.7 Å². The summed E-state index contributed by atoms with van der Waals surface area (Å²) in [6, 6.07) is 1.61. The minimum Gasteiger partial charge on any atom is -0.378 e. The molecule has 0 saturated carbocycles. The van der Waals surface area contributed by atoms with E-state index in [0.29, 0.717) is 11.5 Å². The van der Waals surface area contributed by atoms with Crippen LogP contribution in [0.4, 0.5) is 23.4 Å². The van der Waals surface area contributed by atoms with Crippen LogP contribution in [0.25, 0.3) is 0 Å². The van der Waals surface area contributed by atoms with E-state index in [4.69, 9.17) is 4.74 Å². The first-order valence-corrected chi connectivity index (χ1v) is 5.66. The molecule has 20 heavy (non-hydrogen) atoms. The maximum absolute atomic E-state index is 12.6. The van der Waals surface area contributed by atoms with Crippen LogP contribution in [0.5, 0.6) is 0 Å². The van der Waals surface area contributed by atoms with Gasteiger partial charge in [-0.05, 0) is 0 Å². The van der Waals surface area contributed by atoms with Crippen molar-refractivity contribution in [1.29, 1.82) is 0 Å². The van der Waals surface area contributed by atoms with E-state index in [1.165, 1.54) is 7.11 Å². The summed E-state index contributed by atoms with van der Waals surface area (Å²) >= 11 is 0. The molecule has 1 aromatic heterocycles. The molecule has 1 rings (SSSR count). The number of anilines is 1. The Morgan fingerprint density at radius 1 is 1.30 bits per heavy atom. The molecule has 9 heteroatoms. The zero-order valence-corrected chi connectivity index (χ0v) is 11.0. The van der Waals surface area contributed by atoms with Crippen LogP contribution in [0.2, 0.25) is 0 Å². The van der Waals surface area contributed by atoms with E-state index in [0.717, 1.165) is 0 Å². The van der Waals surface area contributed by atoms with Crippen molar-refractivity contribution in [2.45, 2.75) is 25.6 Å². The molecule has 114 valence electrons. The van der Waals surface area contributed by atoms with Crippen molar-refractivity contribution < 1.29 is 27.0 Å². The highest BCUT2D eigenvalue weighted by atomic mass is 19.3. The number of nitrogens with one attached hydrogen (secondary N) is 1. The van der Waals surface area contributed by atoms with E-state index in [1.807, 2.05) is 0 Å². The van der Waals surface area contributed by atoms with E-state index in [9.17, 15) is 17.6 Å². The van der Waals surface area contributed by atoms with E-state index >= 15 is 0 Å². The molecule has 0 spiro atoms. The lowest BCUT2D eigenvalue weighted by molar-refractivity contribution is -0.168. The summed E-state index contributed by atoms with van der Waals surface area (Å²) in [6.07, 6.45) is -3.77. The van der Waals surface area contributed by atoms with E-state index in [1.54, 1.807) is 13.1 Å². The second-order valence-corrected chi connectivity index (χ2v) is 3.90. The molecule has 1 N–H and O–H groups in total. The molecule has 0 aliphatic carbocycles. The SMILES string of the molecule is CNc1cc(COC)nc(COCC(F)(F)C(F)F)n1. The van der Waals surface area contributed by atoms with Crippen molar-refractivity contribution in [3.05, 3.63) is 17.6 Å². The van der Waals surface area contributed by atoms with Crippen LogP contribution in [0.3, 0.4) is 0 Å². The van der Waals surface area contributed by atoms with Gasteiger partial charge in [0.2, 0.25) is 0 Å². The maximum atomic E-state index is 12.6.